The molecule has 2 N–H and O–H groups in total. The van der Waals surface area contributed by atoms with Gasteiger partial charge < -0.3 is 9.99 Å². The Kier molecular flexibility index (Phi) is 4.01. The number of aliphatic hydroxyl groups excluding tert-OH is 1. The summed E-state index contributed by atoms with van der Waals surface area (Å²) in [5.74, 6) is -0.153. The summed E-state index contributed by atoms with van der Waals surface area (Å²) in [7, 11) is 0. The maximum atomic E-state index is 12.7. The first-order valence-electron chi connectivity index (χ1n) is 5.73. The zero-order valence-corrected chi connectivity index (χ0v) is 10.5. The van der Waals surface area contributed by atoms with E-state index in [0.29, 0.717) is 6.07 Å². The fourth-order valence-electron chi connectivity index (χ4n) is 1.82. The van der Waals surface area contributed by atoms with E-state index in [9.17, 15) is 18.0 Å². The van der Waals surface area contributed by atoms with Gasteiger partial charge in [-0.2, -0.15) is 13.2 Å². The molecule has 1 aromatic heterocycles. The van der Waals surface area contributed by atoms with Crippen molar-refractivity contribution >= 4 is 0 Å². The van der Waals surface area contributed by atoms with E-state index in [4.69, 9.17) is 10.4 Å². The van der Waals surface area contributed by atoms with Gasteiger partial charge in [-0.25, -0.2) is 5.26 Å². The van der Waals surface area contributed by atoms with Gasteiger partial charge in [-0.1, -0.05) is 6.07 Å². The van der Waals surface area contributed by atoms with E-state index in [1.54, 1.807) is 0 Å². The number of hydrogen-bond acceptors (Lipinski definition) is 4. The maximum absolute atomic E-state index is 12.7. The zero-order chi connectivity index (χ0) is 15.6. The predicted octanol–water partition coefficient (Wildman–Crippen LogP) is 2.20. The Hall–Kier alpha value is -2.32. The summed E-state index contributed by atoms with van der Waals surface area (Å²) in [5, 5.41) is 17.7. The summed E-state index contributed by atoms with van der Waals surface area (Å²) >= 11 is 0. The van der Waals surface area contributed by atoms with Crippen molar-refractivity contribution in [3.8, 4) is 11.4 Å². The Balaban J connectivity index is 2.61. The Morgan fingerprint density at radius 1 is 1.24 bits per heavy atom. The molecule has 2 aromatic rings. The Morgan fingerprint density at radius 3 is 2.52 bits per heavy atom. The third-order valence-electron chi connectivity index (χ3n) is 2.85. The summed E-state index contributed by atoms with van der Waals surface area (Å²) in [6, 6.07) is 5.57. The van der Waals surface area contributed by atoms with Gasteiger partial charge in [0.1, 0.15) is 5.56 Å². The maximum Gasteiger partial charge on any atom is 0.421 e. The van der Waals surface area contributed by atoms with Crippen molar-refractivity contribution in [3.63, 3.8) is 0 Å². The molecule has 0 unspecified atom stereocenters. The number of aliphatic hydroxyl groups is 1. The van der Waals surface area contributed by atoms with Crippen molar-refractivity contribution in [2.24, 2.45) is 0 Å². The molecule has 0 aliphatic rings. The molecule has 8 heteroatoms. The molecule has 0 bridgehead atoms. The van der Waals surface area contributed by atoms with Gasteiger partial charge in [0, 0.05) is 17.8 Å². The van der Waals surface area contributed by atoms with E-state index in [0.717, 1.165) is 22.9 Å². The van der Waals surface area contributed by atoms with Crippen LogP contribution in [0.15, 0.2) is 41.3 Å². The molecule has 112 valence electrons. The second kappa shape index (κ2) is 5.58. The standard InChI is InChI=1S/C13H10F3NO4/c14-13(15,16)10-2-1-5-17(12(10)19)9-4-3-8(7-18)11(6-9)21-20/h1-6,18,20H,7H2. The minimum absolute atomic E-state index is 0.0624. The van der Waals surface area contributed by atoms with Crippen molar-refractivity contribution in [2.75, 3.05) is 0 Å². The third-order valence-corrected chi connectivity index (χ3v) is 2.85. The highest BCUT2D eigenvalue weighted by Crippen LogP contribution is 2.27. The van der Waals surface area contributed by atoms with E-state index in [-0.39, 0.29) is 17.0 Å². The van der Waals surface area contributed by atoms with Crippen molar-refractivity contribution in [1.82, 2.24) is 4.57 Å². The second-order valence-electron chi connectivity index (χ2n) is 4.14. The van der Waals surface area contributed by atoms with Crippen LogP contribution < -0.4 is 10.4 Å². The topological polar surface area (TPSA) is 71.7 Å². The van der Waals surface area contributed by atoms with Crippen LogP contribution in [0.1, 0.15) is 11.1 Å². The summed E-state index contributed by atoms with van der Waals surface area (Å²) in [6.45, 7) is -0.437. The second-order valence-corrected chi connectivity index (χ2v) is 4.14. The predicted molar refractivity (Wildman–Crippen MR) is 66.2 cm³/mol. The summed E-state index contributed by atoms with van der Waals surface area (Å²) < 4.78 is 38.9. The number of nitrogens with zero attached hydrogens (tertiary/aromatic N) is 1. The number of hydrogen-bond donors (Lipinski definition) is 2. The fourth-order valence-corrected chi connectivity index (χ4v) is 1.82. The molecule has 0 saturated heterocycles. The van der Waals surface area contributed by atoms with Crippen LogP contribution in [0.4, 0.5) is 13.2 Å². The molecule has 2 rings (SSSR count). The number of halogens is 3. The summed E-state index contributed by atoms with van der Waals surface area (Å²) in [5.41, 5.74) is -2.26. The normalized spacial score (nSPS) is 11.5. The molecule has 0 spiro atoms. The molecule has 0 aliphatic carbocycles. The van der Waals surface area contributed by atoms with Gasteiger partial charge in [0.25, 0.3) is 5.56 Å². The van der Waals surface area contributed by atoms with Gasteiger partial charge in [0.05, 0.1) is 12.3 Å². The highest BCUT2D eigenvalue weighted by Gasteiger charge is 2.34. The van der Waals surface area contributed by atoms with Gasteiger partial charge in [-0.3, -0.25) is 9.36 Å². The zero-order valence-electron chi connectivity index (χ0n) is 10.5. The van der Waals surface area contributed by atoms with Crippen LogP contribution in [0.3, 0.4) is 0 Å². The Morgan fingerprint density at radius 2 is 1.95 bits per heavy atom. The summed E-state index contributed by atoms with van der Waals surface area (Å²) in [4.78, 5) is 15.9. The lowest BCUT2D eigenvalue weighted by molar-refractivity contribution is -0.139. The first kappa shape index (κ1) is 15.1. The lowest BCUT2D eigenvalue weighted by Crippen LogP contribution is -2.26. The van der Waals surface area contributed by atoms with Gasteiger partial charge in [0.2, 0.25) is 0 Å². The molecule has 1 heterocycles. The number of aromatic nitrogens is 1. The minimum atomic E-state index is -4.76. The van der Waals surface area contributed by atoms with Gasteiger partial charge in [0.15, 0.2) is 5.75 Å². The number of benzene rings is 1. The SMILES string of the molecule is O=c1c(C(F)(F)F)cccn1-c1ccc(CO)c(OO)c1. The first-order chi connectivity index (χ1) is 9.88. The van der Waals surface area contributed by atoms with Crippen LogP contribution in [0.5, 0.6) is 5.75 Å². The van der Waals surface area contributed by atoms with Crippen LogP contribution >= 0.6 is 0 Å². The average molecular weight is 301 g/mol. The van der Waals surface area contributed by atoms with Crippen LogP contribution in [0.25, 0.3) is 5.69 Å². The molecule has 0 aliphatic heterocycles. The number of alkyl halides is 3. The molecule has 0 fully saturated rings. The van der Waals surface area contributed by atoms with E-state index in [1.165, 1.54) is 12.1 Å². The minimum Gasteiger partial charge on any atom is -0.392 e. The molecule has 0 atom stereocenters. The molecule has 0 saturated carbocycles. The molecule has 5 nitrogen and oxygen atoms in total. The van der Waals surface area contributed by atoms with Crippen LogP contribution in [0, 0.1) is 0 Å². The monoisotopic (exact) mass is 301 g/mol. The van der Waals surface area contributed by atoms with Crippen LogP contribution in [-0.4, -0.2) is 14.9 Å². The van der Waals surface area contributed by atoms with Gasteiger partial charge in [-0.15, -0.1) is 0 Å². The number of rotatable bonds is 3. The van der Waals surface area contributed by atoms with Crippen molar-refractivity contribution in [3.05, 3.63) is 58.0 Å². The van der Waals surface area contributed by atoms with E-state index in [1.807, 2.05) is 0 Å². The molecular formula is C13H10F3NO4. The smallest absolute Gasteiger partial charge is 0.392 e. The largest absolute Gasteiger partial charge is 0.421 e. The first-order valence-corrected chi connectivity index (χ1v) is 5.73. The molecular weight excluding hydrogens is 291 g/mol. The van der Waals surface area contributed by atoms with Gasteiger partial charge >= 0.3 is 6.18 Å². The quantitative estimate of drug-likeness (QED) is 0.673. The summed E-state index contributed by atoms with van der Waals surface area (Å²) in [6.07, 6.45) is -3.60. The van der Waals surface area contributed by atoms with E-state index in [2.05, 4.69) is 4.89 Å². The Labute approximate surface area is 116 Å². The molecule has 0 amide bonds. The lowest BCUT2D eigenvalue weighted by Gasteiger charge is -2.12. The van der Waals surface area contributed by atoms with Crippen LogP contribution in [-0.2, 0) is 12.8 Å². The van der Waals surface area contributed by atoms with Gasteiger partial charge in [-0.05, 0) is 18.2 Å². The highest BCUT2D eigenvalue weighted by atomic mass is 19.4. The fraction of sp³-hybridized carbons (Fsp3) is 0.154. The third kappa shape index (κ3) is 2.91. The average Bonchev–Trinajstić information content (AvgIpc) is 2.45. The van der Waals surface area contributed by atoms with Crippen LogP contribution in [0.2, 0.25) is 0 Å². The van der Waals surface area contributed by atoms with Crippen molar-refractivity contribution < 1.29 is 28.4 Å². The van der Waals surface area contributed by atoms with Crippen molar-refractivity contribution in [2.45, 2.75) is 12.8 Å². The highest BCUT2D eigenvalue weighted by molar-refractivity contribution is 5.45. The lowest BCUT2D eigenvalue weighted by atomic mass is 10.2. The van der Waals surface area contributed by atoms with E-state index < -0.39 is 23.9 Å². The van der Waals surface area contributed by atoms with E-state index >= 15 is 0 Å². The van der Waals surface area contributed by atoms with Crippen molar-refractivity contribution in [1.29, 1.82) is 0 Å². The molecule has 0 radical (unpaired) electrons. The number of pyridine rings is 1. The molecule has 21 heavy (non-hydrogen) atoms. The molecule has 1 aromatic carbocycles. The Bertz CT molecular complexity index is 709.